The Morgan fingerprint density at radius 1 is 1.16 bits per heavy atom. The lowest BCUT2D eigenvalue weighted by atomic mass is 10.1. The van der Waals surface area contributed by atoms with Crippen molar-refractivity contribution < 1.29 is 4.39 Å². The van der Waals surface area contributed by atoms with Crippen LogP contribution in [0.5, 0.6) is 0 Å². The number of hydrogen-bond donors (Lipinski definition) is 1. The first kappa shape index (κ1) is 11.9. The summed E-state index contributed by atoms with van der Waals surface area (Å²) in [4.78, 5) is 8.02. The summed E-state index contributed by atoms with van der Waals surface area (Å²) in [6.07, 6.45) is 4.84. The normalized spacial score (nSPS) is 10.6. The smallest absolute Gasteiger partial charge is 0.167 e. The minimum Gasteiger partial charge on any atom is -0.337 e. The summed E-state index contributed by atoms with van der Waals surface area (Å²) in [5.41, 5.74) is 0.749. The average Bonchev–Trinajstić information content (AvgIpc) is 2.42. The molecule has 1 N–H and O–H groups in total. The van der Waals surface area contributed by atoms with Crippen molar-refractivity contribution in [3.8, 4) is 0 Å². The standard InChI is InChI=1S/C14H9ClFN3/c15-10-6-12(16)14(18-7-10)19-13-3-1-2-9-4-5-17-8-11(9)13/h1-8H,(H,18,19). The van der Waals surface area contributed by atoms with E-state index in [-0.39, 0.29) is 10.8 Å². The first-order chi connectivity index (χ1) is 9.24. The number of rotatable bonds is 2. The predicted octanol–water partition coefficient (Wildman–Crippen LogP) is 4.17. The van der Waals surface area contributed by atoms with Gasteiger partial charge in [-0.25, -0.2) is 9.37 Å². The number of nitrogens with zero attached hydrogens (tertiary/aromatic N) is 2. The maximum absolute atomic E-state index is 13.7. The lowest BCUT2D eigenvalue weighted by Gasteiger charge is -2.09. The van der Waals surface area contributed by atoms with Crippen LogP contribution < -0.4 is 5.32 Å². The summed E-state index contributed by atoms with van der Waals surface area (Å²) < 4.78 is 13.7. The van der Waals surface area contributed by atoms with Crippen LogP contribution in [0.2, 0.25) is 5.02 Å². The molecule has 0 aliphatic carbocycles. The third-order valence-corrected chi connectivity index (χ3v) is 2.95. The van der Waals surface area contributed by atoms with E-state index in [4.69, 9.17) is 11.6 Å². The Hall–Kier alpha value is -2.20. The molecule has 0 aliphatic heterocycles. The molecule has 2 heterocycles. The molecule has 0 amide bonds. The molecule has 1 aromatic carbocycles. The SMILES string of the molecule is Fc1cc(Cl)cnc1Nc1cccc2ccncc12. The number of halogens is 2. The molecular formula is C14H9ClFN3. The van der Waals surface area contributed by atoms with Gasteiger partial charge in [0.2, 0.25) is 0 Å². The minimum absolute atomic E-state index is 0.140. The molecule has 19 heavy (non-hydrogen) atoms. The third kappa shape index (κ3) is 2.35. The predicted molar refractivity (Wildman–Crippen MR) is 74.2 cm³/mol. The Morgan fingerprint density at radius 3 is 2.89 bits per heavy atom. The Kier molecular flexibility index (Phi) is 3.01. The molecule has 0 fully saturated rings. The van der Waals surface area contributed by atoms with Gasteiger partial charge < -0.3 is 5.32 Å². The molecule has 3 aromatic rings. The lowest BCUT2D eigenvalue weighted by Crippen LogP contribution is -1.97. The molecule has 0 spiro atoms. The first-order valence-corrected chi connectivity index (χ1v) is 6.02. The molecular weight excluding hydrogens is 265 g/mol. The number of nitrogens with one attached hydrogen (secondary N) is 1. The van der Waals surface area contributed by atoms with E-state index in [0.717, 1.165) is 16.5 Å². The summed E-state index contributed by atoms with van der Waals surface area (Å²) in [6.45, 7) is 0. The van der Waals surface area contributed by atoms with E-state index in [1.165, 1.54) is 12.3 Å². The van der Waals surface area contributed by atoms with E-state index in [1.54, 1.807) is 12.4 Å². The van der Waals surface area contributed by atoms with E-state index in [1.807, 2.05) is 24.3 Å². The van der Waals surface area contributed by atoms with Gasteiger partial charge in [0, 0.05) is 29.7 Å². The Bertz CT molecular complexity index is 740. The summed E-state index contributed by atoms with van der Waals surface area (Å²) >= 11 is 5.67. The van der Waals surface area contributed by atoms with Gasteiger partial charge in [-0.3, -0.25) is 4.98 Å². The van der Waals surface area contributed by atoms with Crippen molar-refractivity contribution in [3.05, 3.63) is 59.8 Å². The molecule has 94 valence electrons. The molecule has 3 rings (SSSR count). The van der Waals surface area contributed by atoms with Gasteiger partial charge in [0.25, 0.3) is 0 Å². The fourth-order valence-corrected chi connectivity index (χ4v) is 2.00. The molecule has 0 bridgehead atoms. The lowest BCUT2D eigenvalue weighted by molar-refractivity contribution is 0.626. The van der Waals surface area contributed by atoms with E-state index >= 15 is 0 Å². The fraction of sp³-hybridized carbons (Fsp3) is 0. The van der Waals surface area contributed by atoms with Crippen LogP contribution in [-0.2, 0) is 0 Å². The molecule has 0 saturated carbocycles. The highest BCUT2D eigenvalue weighted by Crippen LogP contribution is 2.26. The largest absolute Gasteiger partial charge is 0.337 e. The van der Waals surface area contributed by atoms with Crippen LogP contribution in [0.4, 0.5) is 15.9 Å². The van der Waals surface area contributed by atoms with Gasteiger partial charge >= 0.3 is 0 Å². The van der Waals surface area contributed by atoms with Crippen LogP contribution in [0.1, 0.15) is 0 Å². The molecule has 5 heteroatoms. The van der Waals surface area contributed by atoms with Gasteiger partial charge in [-0.05, 0) is 23.6 Å². The molecule has 0 atom stereocenters. The molecule has 3 nitrogen and oxygen atoms in total. The second kappa shape index (κ2) is 4.82. The van der Waals surface area contributed by atoms with Crippen molar-refractivity contribution in [2.45, 2.75) is 0 Å². The maximum Gasteiger partial charge on any atom is 0.167 e. The summed E-state index contributed by atoms with van der Waals surface area (Å²) in [6, 6.07) is 8.82. The quantitative estimate of drug-likeness (QED) is 0.762. The van der Waals surface area contributed by atoms with Crippen LogP contribution in [0, 0.1) is 5.82 Å². The molecule has 0 radical (unpaired) electrons. The van der Waals surface area contributed by atoms with Crippen LogP contribution in [0.15, 0.2) is 48.9 Å². The molecule has 2 aromatic heterocycles. The molecule has 0 aliphatic rings. The monoisotopic (exact) mass is 273 g/mol. The number of hydrogen-bond acceptors (Lipinski definition) is 3. The van der Waals surface area contributed by atoms with Gasteiger partial charge in [0.15, 0.2) is 11.6 Å². The Balaban J connectivity index is 2.06. The van der Waals surface area contributed by atoms with Gasteiger partial charge in [-0.2, -0.15) is 0 Å². The zero-order valence-corrected chi connectivity index (χ0v) is 10.5. The molecule has 0 unspecified atom stereocenters. The number of anilines is 2. The van der Waals surface area contributed by atoms with E-state index < -0.39 is 5.82 Å². The fourth-order valence-electron chi connectivity index (χ4n) is 1.86. The zero-order valence-electron chi connectivity index (χ0n) is 9.77. The van der Waals surface area contributed by atoms with Gasteiger partial charge in [0.05, 0.1) is 5.02 Å². The number of fused-ring (bicyclic) bond motifs is 1. The Morgan fingerprint density at radius 2 is 2.05 bits per heavy atom. The van der Waals surface area contributed by atoms with Crippen LogP contribution in [0.3, 0.4) is 0 Å². The van der Waals surface area contributed by atoms with Crippen molar-refractivity contribution >= 4 is 33.9 Å². The number of benzene rings is 1. The van der Waals surface area contributed by atoms with Crippen molar-refractivity contribution in [1.82, 2.24) is 9.97 Å². The van der Waals surface area contributed by atoms with Crippen LogP contribution in [0.25, 0.3) is 10.8 Å². The van der Waals surface area contributed by atoms with Gasteiger partial charge in [-0.1, -0.05) is 23.7 Å². The first-order valence-electron chi connectivity index (χ1n) is 5.65. The average molecular weight is 274 g/mol. The second-order valence-electron chi connectivity index (χ2n) is 4.01. The summed E-state index contributed by atoms with van der Waals surface area (Å²) in [5, 5.41) is 5.15. The van der Waals surface area contributed by atoms with E-state index in [9.17, 15) is 4.39 Å². The van der Waals surface area contributed by atoms with Gasteiger partial charge in [0.1, 0.15) is 0 Å². The minimum atomic E-state index is -0.492. The highest BCUT2D eigenvalue weighted by Gasteiger charge is 2.07. The summed E-state index contributed by atoms with van der Waals surface area (Å²) in [5.74, 6) is -0.353. The van der Waals surface area contributed by atoms with Crippen LogP contribution >= 0.6 is 11.6 Å². The van der Waals surface area contributed by atoms with E-state index in [0.29, 0.717) is 0 Å². The second-order valence-corrected chi connectivity index (χ2v) is 4.45. The zero-order chi connectivity index (χ0) is 13.2. The van der Waals surface area contributed by atoms with Crippen molar-refractivity contribution in [3.63, 3.8) is 0 Å². The Labute approximate surface area is 114 Å². The van der Waals surface area contributed by atoms with Crippen LogP contribution in [-0.4, -0.2) is 9.97 Å². The highest BCUT2D eigenvalue weighted by molar-refractivity contribution is 6.30. The molecule has 0 saturated heterocycles. The maximum atomic E-state index is 13.7. The summed E-state index contributed by atoms with van der Waals surface area (Å²) in [7, 11) is 0. The van der Waals surface area contributed by atoms with Crippen molar-refractivity contribution in [1.29, 1.82) is 0 Å². The van der Waals surface area contributed by atoms with E-state index in [2.05, 4.69) is 15.3 Å². The third-order valence-electron chi connectivity index (χ3n) is 2.74. The van der Waals surface area contributed by atoms with Gasteiger partial charge in [-0.15, -0.1) is 0 Å². The van der Waals surface area contributed by atoms with Crippen molar-refractivity contribution in [2.75, 3.05) is 5.32 Å². The number of pyridine rings is 2. The highest BCUT2D eigenvalue weighted by atomic mass is 35.5. The topological polar surface area (TPSA) is 37.8 Å². The number of aromatic nitrogens is 2. The van der Waals surface area contributed by atoms with Crippen molar-refractivity contribution in [2.24, 2.45) is 0 Å².